The molecule has 1 aromatic carbocycles. The van der Waals surface area contributed by atoms with Crippen LogP contribution in [0.5, 0.6) is 0 Å². The van der Waals surface area contributed by atoms with Crippen LogP contribution in [0.4, 0.5) is 5.69 Å². The first kappa shape index (κ1) is 18.3. The number of rotatable bonds is 7. The van der Waals surface area contributed by atoms with Crippen LogP contribution in [0.25, 0.3) is 0 Å². The minimum absolute atomic E-state index is 0.314. The van der Waals surface area contributed by atoms with Crippen LogP contribution in [0.1, 0.15) is 11.3 Å². The van der Waals surface area contributed by atoms with Gasteiger partial charge in [-0.1, -0.05) is 17.7 Å². The molecule has 1 aromatic heterocycles. The molecule has 1 aliphatic heterocycles. The molecule has 3 rings (SSSR count). The summed E-state index contributed by atoms with van der Waals surface area (Å²) in [5, 5.41) is 10.9. The summed E-state index contributed by atoms with van der Waals surface area (Å²) in [7, 11) is 0. The van der Waals surface area contributed by atoms with Crippen LogP contribution in [0, 0.1) is 6.92 Å². The van der Waals surface area contributed by atoms with Crippen molar-refractivity contribution in [2.45, 2.75) is 19.6 Å². The SMILES string of the molecule is Cc1ccc(Cl)cc1N1CCN(C[C@H](O)COCc2ccco2)CC1. The summed E-state index contributed by atoms with van der Waals surface area (Å²) in [4.78, 5) is 4.63. The van der Waals surface area contributed by atoms with Gasteiger partial charge in [-0.15, -0.1) is 0 Å². The van der Waals surface area contributed by atoms with Crippen molar-refractivity contribution in [2.75, 3.05) is 44.2 Å². The molecule has 136 valence electrons. The Hall–Kier alpha value is -1.53. The fourth-order valence-electron chi connectivity index (χ4n) is 3.14. The van der Waals surface area contributed by atoms with Gasteiger partial charge in [-0.25, -0.2) is 0 Å². The second-order valence-electron chi connectivity index (χ2n) is 6.47. The highest BCUT2D eigenvalue weighted by atomic mass is 35.5. The van der Waals surface area contributed by atoms with Crippen molar-refractivity contribution in [2.24, 2.45) is 0 Å². The fraction of sp³-hybridized carbons (Fsp3) is 0.474. The van der Waals surface area contributed by atoms with Gasteiger partial charge in [-0.05, 0) is 36.8 Å². The number of aliphatic hydroxyl groups is 1. The van der Waals surface area contributed by atoms with E-state index in [4.69, 9.17) is 20.8 Å². The first-order valence-corrected chi connectivity index (χ1v) is 9.01. The molecule has 2 aromatic rings. The van der Waals surface area contributed by atoms with E-state index in [0.29, 0.717) is 19.8 Å². The van der Waals surface area contributed by atoms with E-state index >= 15 is 0 Å². The predicted octanol–water partition coefficient (Wildman–Crippen LogP) is 2.94. The van der Waals surface area contributed by atoms with Gasteiger partial charge in [0.05, 0.1) is 19.0 Å². The van der Waals surface area contributed by atoms with E-state index < -0.39 is 6.10 Å². The zero-order valence-corrected chi connectivity index (χ0v) is 15.3. The molecule has 2 heterocycles. The molecule has 0 bridgehead atoms. The van der Waals surface area contributed by atoms with E-state index in [2.05, 4.69) is 22.8 Å². The van der Waals surface area contributed by atoms with Gasteiger partial charge in [-0.2, -0.15) is 0 Å². The lowest BCUT2D eigenvalue weighted by Gasteiger charge is -2.37. The standard InChI is InChI=1S/C19H25ClN2O3/c1-15-4-5-16(20)11-19(15)22-8-6-21(7-9-22)12-17(23)13-24-14-18-3-2-10-25-18/h2-5,10-11,17,23H,6-9,12-14H2,1H3/t17-/m0/s1. The van der Waals surface area contributed by atoms with Crippen LogP contribution < -0.4 is 4.90 Å². The largest absolute Gasteiger partial charge is 0.467 e. The van der Waals surface area contributed by atoms with Gasteiger partial charge in [0.1, 0.15) is 12.4 Å². The van der Waals surface area contributed by atoms with Gasteiger partial charge in [0, 0.05) is 43.4 Å². The molecule has 0 amide bonds. The van der Waals surface area contributed by atoms with Crippen molar-refractivity contribution in [3.05, 3.63) is 52.9 Å². The smallest absolute Gasteiger partial charge is 0.129 e. The highest BCUT2D eigenvalue weighted by Crippen LogP contribution is 2.25. The quantitative estimate of drug-likeness (QED) is 0.818. The lowest BCUT2D eigenvalue weighted by molar-refractivity contribution is 0.00441. The van der Waals surface area contributed by atoms with Crippen molar-refractivity contribution in [3.8, 4) is 0 Å². The van der Waals surface area contributed by atoms with Crippen LogP contribution in [-0.4, -0.2) is 55.4 Å². The summed E-state index contributed by atoms with van der Waals surface area (Å²) in [5.74, 6) is 0.776. The van der Waals surface area contributed by atoms with Crippen molar-refractivity contribution in [3.63, 3.8) is 0 Å². The minimum atomic E-state index is -0.491. The van der Waals surface area contributed by atoms with Crippen LogP contribution in [0.3, 0.4) is 0 Å². The molecule has 5 nitrogen and oxygen atoms in total. The number of hydrogen-bond acceptors (Lipinski definition) is 5. The van der Waals surface area contributed by atoms with Gasteiger partial charge in [0.2, 0.25) is 0 Å². The first-order chi connectivity index (χ1) is 12.1. The zero-order valence-electron chi connectivity index (χ0n) is 14.5. The number of β-amino-alcohol motifs (C(OH)–C–C–N with tert-alkyl or cyclic N) is 1. The summed E-state index contributed by atoms with van der Waals surface area (Å²) >= 11 is 6.13. The number of nitrogens with zero attached hydrogens (tertiary/aromatic N) is 2. The maximum atomic E-state index is 10.2. The fourth-order valence-corrected chi connectivity index (χ4v) is 3.30. The minimum Gasteiger partial charge on any atom is -0.467 e. The van der Waals surface area contributed by atoms with E-state index in [1.807, 2.05) is 24.3 Å². The second kappa shape index (κ2) is 8.72. The average molecular weight is 365 g/mol. The lowest BCUT2D eigenvalue weighted by Crippen LogP contribution is -2.49. The van der Waals surface area contributed by atoms with Crippen LogP contribution in [0.2, 0.25) is 5.02 Å². The molecular weight excluding hydrogens is 340 g/mol. The Morgan fingerprint density at radius 3 is 2.76 bits per heavy atom. The summed E-state index contributed by atoms with van der Waals surface area (Å²) in [5.41, 5.74) is 2.44. The number of furan rings is 1. The van der Waals surface area contributed by atoms with Gasteiger partial charge >= 0.3 is 0 Å². The third-order valence-corrected chi connectivity index (χ3v) is 4.72. The monoisotopic (exact) mass is 364 g/mol. The van der Waals surface area contributed by atoms with E-state index in [1.165, 1.54) is 11.3 Å². The zero-order chi connectivity index (χ0) is 17.6. The topological polar surface area (TPSA) is 49.1 Å². The molecule has 0 radical (unpaired) electrons. The summed E-state index contributed by atoms with van der Waals surface area (Å²) < 4.78 is 10.7. The number of anilines is 1. The first-order valence-electron chi connectivity index (χ1n) is 8.63. The summed E-state index contributed by atoms with van der Waals surface area (Å²) in [6, 6.07) is 9.71. The Morgan fingerprint density at radius 1 is 1.24 bits per heavy atom. The van der Waals surface area contributed by atoms with Crippen molar-refractivity contribution in [1.29, 1.82) is 0 Å². The Kier molecular flexibility index (Phi) is 6.37. The summed E-state index contributed by atoms with van der Waals surface area (Å²) in [6.45, 7) is 7.14. The third kappa shape index (κ3) is 5.22. The van der Waals surface area contributed by atoms with E-state index in [0.717, 1.165) is 37.0 Å². The van der Waals surface area contributed by atoms with Crippen LogP contribution in [-0.2, 0) is 11.3 Å². The molecule has 1 N–H and O–H groups in total. The number of hydrogen-bond donors (Lipinski definition) is 1. The highest BCUT2D eigenvalue weighted by molar-refractivity contribution is 6.30. The Balaban J connectivity index is 1.40. The molecule has 1 fully saturated rings. The van der Waals surface area contributed by atoms with Crippen molar-refractivity contribution >= 4 is 17.3 Å². The van der Waals surface area contributed by atoms with Gasteiger partial charge < -0.3 is 19.2 Å². The Morgan fingerprint density at radius 2 is 2.04 bits per heavy atom. The highest BCUT2D eigenvalue weighted by Gasteiger charge is 2.20. The predicted molar refractivity (Wildman–Crippen MR) is 99.2 cm³/mol. The van der Waals surface area contributed by atoms with Crippen molar-refractivity contribution in [1.82, 2.24) is 4.90 Å². The summed E-state index contributed by atoms with van der Waals surface area (Å²) in [6.07, 6.45) is 1.13. The molecule has 0 saturated carbocycles. The molecule has 1 saturated heterocycles. The number of aliphatic hydroxyl groups excluding tert-OH is 1. The Bertz CT molecular complexity index is 655. The van der Waals surface area contributed by atoms with E-state index in [1.54, 1.807) is 6.26 Å². The van der Waals surface area contributed by atoms with Gasteiger partial charge in [0.15, 0.2) is 0 Å². The molecule has 1 aliphatic rings. The molecule has 0 unspecified atom stereocenters. The molecule has 25 heavy (non-hydrogen) atoms. The van der Waals surface area contributed by atoms with Crippen LogP contribution in [0.15, 0.2) is 41.0 Å². The van der Waals surface area contributed by atoms with Crippen molar-refractivity contribution < 1.29 is 14.3 Å². The number of aryl methyl sites for hydroxylation is 1. The number of benzene rings is 1. The van der Waals surface area contributed by atoms with Gasteiger partial charge in [-0.3, -0.25) is 4.90 Å². The Labute approximate surface area is 153 Å². The lowest BCUT2D eigenvalue weighted by atomic mass is 10.1. The normalized spacial score (nSPS) is 17.0. The molecule has 6 heteroatoms. The maximum Gasteiger partial charge on any atom is 0.129 e. The van der Waals surface area contributed by atoms with Crippen LogP contribution >= 0.6 is 11.6 Å². The van der Waals surface area contributed by atoms with E-state index in [-0.39, 0.29) is 0 Å². The number of piperazine rings is 1. The average Bonchev–Trinajstić information content (AvgIpc) is 3.11. The molecular formula is C19H25ClN2O3. The maximum absolute atomic E-state index is 10.2. The van der Waals surface area contributed by atoms with Gasteiger partial charge in [0.25, 0.3) is 0 Å². The molecule has 0 aliphatic carbocycles. The third-order valence-electron chi connectivity index (χ3n) is 4.49. The number of halogens is 1. The van der Waals surface area contributed by atoms with E-state index in [9.17, 15) is 5.11 Å². The molecule has 0 spiro atoms. The molecule has 1 atom stereocenters. The second-order valence-corrected chi connectivity index (χ2v) is 6.90. The number of ether oxygens (including phenoxy) is 1.